The van der Waals surface area contributed by atoms with Gasteiger partial charge in [0.25, 0.3) is 0 Å². The third-order valence-corrected chi connectivity index (χ3v) is 7.78. The third-order valence-electron chi connectivity index (χ3n) is 5.58. The Morgan fingerprint density at radius 2 is 1.62 bits per heavy atom. The lowest BCUT2D eigenvalue weighted by Gasteiger charge is -2.25. The number of aromatic nitrogens is 1. The summed E-state index contributed by atoms with van der Waals surface area (Å²) >= 11 is 6.05. The fourth-order valence-electron chi connectivity index (χ4n) is 4.09. The Balaban J connectivity index is 1.65. The van der Waals surface area contributed by atoms with E-state index in [1.807, 2.05) is 41.0 Å². The van der Waals surface area contributed by atoms with E-state index < -0.39 is 16.1 Å². The minimum Gasteiger partial charge on any atom is -0.495 e. The Morgan fingerprint density at radius 1 is 1.03 bits per heavy atom. The van der Waals surface area contributed by atoms with Gasteiger partial charge in [-0.3, -0.25) is 0 Å². The van der Waals surface area contributed by atoms with Gasteiger partial charge in [-0.15, -0.1) is 0 Å². The van der Waals surface area contributed by atoms with E-state index in [2.05, 4.69) is 12.1 Å². The fourth-order valence-corrected chi connectivity index (χ4v) is 6.00. The minimum atomic E-state index is -3.92. The van der Waals surface area contributed by atoms with Crippen LogP contribution in [-0.2, 0) is 16.6 Å². The highest BCUT2D eigenvalue weighted by atomic mass is 35.5. The number of halogens is 1. The van der Waals surface area contributed by atoms with Crippen molar-refractivity contribution < 1.29 is 18.3 Å². The van der Waals surface area contributed by atoms with Crippen molar-refractivity contribution in [2.24, 2.45) is 0 Å². The molecule has 1 heterocycles. The molecule has 0 spiro atoms. The van der Waals surface area contributed by atoms with Gasteiger partial charge in [0.15, 0.2) is 0 Å². The molecule has 0 aliphatic heterocycles. The maximum atomic E-state index is 13.3. The summed E-state index contributed by atoms with van der Waals surface area (Å²) in [6, 6.07) is 20.5. The van der Waals surface area contributed by atoms with E-state index >= 15 is 0 Å². The Morgan fingerprint density at radius 3 is 2.19 bits per heavy atom. The second-order valence-electron chi connectivity index (χ2n) is 7.55. The van der Waals surface area contributed by atoms with Crippen LogP contribution in [0.25, 0.3) is 21.8 Å². The number of fused-ring (bicyclic) bond motifs is 3. The van der Waals surface area contributed by atoms with E-state index in [4.69, 9.17) is 16.3 Å². The van der Waals surface area contributed by atoms with Gasteiger partial charge in [-0.1, -0.05) is 54.9 Å². The highest BCUT2D eigenvalue weighted by Crippen LogP contribution is 2.31. The predicted octanol–water partition coefficient (Wildman–Crippen LogP) is 4.53. The first-order valence-electron chi connectivity index (χ1n) is 10.3. The first-order valence-corrected chi connectivity index (χ1v) is 12.2. The van der Waals surface area contributed by atoms with Crippen molar-refractivity contribution in [3.63, 3.8) is 0 Å². The van der Waals surface area contributed by atoms with Crippen LogP contribution in [0.5, 0.6) is 5.75 Å². The molecule has 32 heavy (non-hydrogen) atoms. The summed E-state index contributed by atoms with van der Waals surface area (Å²) in [5, 5.41) is 13.4. The summed E-state index contributed by atoms with van der Waals surface area (Å²) in [6.07, 6.45) is -0.922. The summed E-state index contributed by atoms with van der Waals surface area (Å²) in [5.74, 6) is 0.213. The summed E-state index contributed by atoms with van der Waals surface area (Å²) < 4.78 is 35.2. The van der Waals surface area contributed by atoms with Gasteiger partial charge in [0.1, 0.15) is 10.6 Å². The van der Waals surface area contributed by atoms with E-state index in [1.165, 1.54) is 23.5 Å². The van der Waals surface area contributed by atoms with Gasteiger partial charge in [-0.05, 0) is 30.3 Å². The largest absolute Gasteiger partial charge is 0.495 e. The molecule has 0 amide bonds. The Hall–Kier alpha value is -2.58. The summed E-state index contributed by atoms with van der Waals surface area (Å²) in [5.41, 5.74) is 1.99. The number of sulfonamides is 1. The van der Waals surface area contributed by atoms with Crippen LogP contribution < -0.4 is 4.74 Å². The van der Waals surface area contributed by atoms with Crippen molar-refractivity contribution in [2.45, 2.75) is 24.5 Å². The molecule has 6 nitrogen and oxygen atoms in total. The van der Waals surface area contributed by atoms with E-state index in [1.54, 1.807) is 13.0 Å². The molecule has 0 saturated carbocycles. The lowest BCUT2D eigenvalue weighted by molar-refractivity contribution is 0.131. The molecule has 8 heteroatoms. The van der Waals surface area contributed by atoms with Crippen LogP contribution in [0.15, 0.2) is 71.6 Å². The number of likely N-dealkylation sites (N-methyl/N-ethyl adjacent to an activating group) is 1. The monoisotopic (exact) mass is 472 g/mol. The zero-order valence-corrected chi connectivity index (χ0v) is 19.5. The third kappa shape index (κ3) is 4.09. The molecular formula is C24H25ClN2O4S. The standard InChI is InChI=1S/C24H25ClN2O4S/c1-3-26(32(29,30)24-14-17(25)12-13-23(24)31-2)15-18(28)16-27-21-10-6-4-8-19(21)20-9-5-7-11-22(20)27/h4-14,18,28H,3,15-16H2,1-2H3. The van der Waals surface area contributed by atoms with Crippen molar-refractivity contribution in [2.75, 3.05) is 20.2 Å². The van der Waals surface area contributed by atoms with Crippen molar-refractivity contribution in [3.8, 4) is 5.75 Å². The number of benzene rings is 3. The van der Waals surface area contributed by atoms with E-state index in [0.29, 0.717) is 5.02 Å². The smallest absolute Gasteiger partial charge is 0.246 e. The molecule has 168 valence electrons. The molecule has 1 atom stereocenters. The van der Waals surface area contributed by atoms with Crippen molar-refractivity contribution in [1.29, 1.82) is 0 Å². The SMILES string of the molecule is CCN(CC(O)Cn1c2ccccc2c2ccccc21)S(=O)(=O)c1cc(Cl)ccc1OC. The average Bonchev–Trinajstić information content (AvgIpc) is 3.11. The molecule has 1 aromatic heterocycles. The molecule has 3 aromatic carbocycles. The number of hydrogen-bond donors (Lipinski definition) is 1. The van der Waals surface area contributed by atoms with E-state index in [-0.39, 0.29) is 30.3 Å². The van der Waals surface area contributed by atoms with Crippen LogP contribution >= 0.6 is 11.6 Å². The molecule has 4 rings (SSSR count). The number of nitrogens with zero attached hydrogens (tertiary/aromatic N) is 2. The molecule has 0 bridgehead atoms. The molecule has 0 fully saturated rings. The number of aliphatic hydroxyl groups is 1. The lowest BCUT2D eigenvalue weighted by atomic mass is 10.2. The first kappa shape index (κ1) is 22.6. The fraction of sp³-hybridized carbons (Fsp3) is 0.250. The van der Waals surface area contributed by atoms with Crippen LogP contribution in [0, 0.1) is 0 Å². The number of para-hydroxylation sites is 2. The number of methoxy groups -OCH3 is 1. The second-order valence-corrected chi connectivity index (χ2v) is 9.89. The summed E-state index contributed by atoms with van der Waals surface area (Å²) in [6.45, 7) is 2.13. The summed E-state index contributed by atoms with van der Waals surface area (Å²) in [7, 11) is -2.51. The number of rotatable bonds is 8. The molecule has 0 aliphatic rings. The van der Waals surface area contributed by atoms with E-state index in [9.17, 15) is 13.5 Å². The molecule has 1 N–H and O–H groups in total. The van der Waals surface area contributed by atoms with Gasteiger partial charge in [0.2, 0.25) is 10.0 Å². The van der Waals surface area contributed by atoms with Crippen LogP contribution in [0.4, 0.5) is 0 Å². The predicted molar refractivity (Wildman–Crippen MR) is 128 cm³/mol. The van der Waals surface area contributed by atoms with Crippen molar-refractivity contribution >= 4 is 43.4 Å². The zero-order chi connectivity index (χ0) is 22.9. The quantitative estimate of drug-likeness (QED) is 0.409. The average molecular weight is 473 g/mol. The topological polar surface area (TPSA) is 71.8 Å². The maximum Gasteiger partial charge on any atom is 0.246 e. The van der Waals surface area contributed by atoms with Crippen molar-refractivity contribution in [3.05, 3.63) is 71.8 Å². The van der Waals surface area contributed by atoms with Gasteiger partial charge >= 0.3 is 0 Å². The highest BCUT2D eigenvalue weighted by molar-refractivity contribution is 7.89. The molecule has 0 aliphatic carbocycles. The molecule has 0 saturated heterocycles. The number of aliphatic hydroxyl groups excluding tert-OH is 1. The maximum absolute atomic E-state index is 13.3. The molecule has 0 radical (unpaired) electrons. The van der Waals surface area contributed by atoms with Gasteiger partial charge in [-0.2, -0.15) is 4.31 Å². The summed E-state index contributed by atoms with van der Waals surface area (Å²) in [4.78, 5) is -0.0154. The molecule has 1 unspecified atom stereocenters. The van der Waals surface area contributed by atoms with Crippen molar-refractivity contribution in [1.82, 2.24) is 8.87 Å². The number of ether oxygens (including phenoxy) is 1. The van der Waals surface area contributed by atoms with Crippen LogP contribution in [0.1, 0.15) is 6.92 Å². The number of hydrogen-bond acceptors (Lipinski definition) is 4. The van der Waals surface area contributed by atoms with Gasteiger partial charge in [0.05, 0.1) is 19.8 Å². The van der Waals surface area contributed by atoms with Crippen LogP contribution in [0.3, 0.4) is 0 Å². The van der Waals surface area contributed by atoms with Gasteiger partial charge < -0.3 is 14.4 Å². The van der Waals surface area contributed by atoms with Gasteiger partial charge in [-0.25, -0.2) is 8.42 Å². The van der Waals surface area contributed by atoms with Gasteiger partial charge in [0, 0.05) is 39.9 Å². The zero-order valence-electron chi connectivity index (χ0n) is 17.9. The molecule has 4 aromatic rings. The lowest BCUT2D eigenvalue weighted by Crippen LogP contribution is -2.39. The second kappa shape index (κ2) is 9.11. The molecular weight excluding hydrogens is 448 g/mol. The van der Waals surface area contributed by atoms with Crippen LogP contribution in [-0.4, -0.2) is 48.7 Å². The minimum absolute atomic E-state index is 0.0154. The Labute approximate surface area is 192 Å². The van der Waals surface area contributed by atoms with E-state index in [0.717, 1.165) is 21.8 Å². The van der Waals surface area contributed by atoms with Crippen LogP contribution in [0.2, 0.25) is 5.02 Å². The first-order chi connectivity index (χ1) is 15.4. The Bertz CT molecular complexity index is 1310. The normalized spacial score (nSPS) is 13.2. The highest BCUT2D eigenvalue weighted by Gasteiger charge is 2.29. The Kier molecular flexibility index (Phi) is 6.44.